The first kappa shape index (κ1) is 12.0. The van der Waals surface area contributed by atoms with Gasteiger partial charge in [-0.05, 0) is 30.7 Å². The molecule has 2 N–H and O–H groups in total. The number of rotatable bonds is 6. The van der Waals surface area contributed by atoms with E-state index in [0.717, 1.165) is 12.5 Å². The SMILES string of the molecule is CC[C@](C)(CCN)CCC(C)C. The molecule has 0 aliphatic carbocycles. The fourth-order valence-electron chi connectivity index (χ4n) is 1.46. The Bertz CT molecular complexity index is 110. The molecule has 0 unspecified atom stereocenters. The summed E-state index contributed by atoms with van der Waals surface area (Å²) in [7, 11) is 0. The number of hydrogen-bond donors (Lipinski definition) is 1. The van der Waals surface area contributed by atoms with E-state index in [2.05, 4.69) is 27.7 Å². The highest BCUT2D eigenvalue weighted by Crippen LogP contribution is 2.32. The molecule has 74 valence electrons. The summed E-state index contributed by atoms with van der Waals surface area (Å²) in [5, 5.41) is 0. The third-order valence-electron chi connectivity index (χ3n) is 2.93. The molecule has 1 atom stereocenters. The molecule has 0 aromatic heterocycles. The molecule has 0 amide bonds. The molecule has 0 bridgehead atoms. The highest BCUT2D eigenvalue weighted by molar-refractivity contribution is 4.73. The molecule has 0 radical (unpaired) electrons. The predicted octanol–water partition coefficient (Wildman–Crippen LogP) is 3.19. The number of nitrogens with two attached hydrogens (primary N) is 1. The van der Waals surface area contributed by atoms with E-state index < -0.39 is 0 Å². The van der Waals surface area contributed by atoms with Crippen LogP contribution >= 0.6 is 0 Å². The van der Waals surface area contributed by atoms with Crippen molar-refractivity contribution in [3.63, 3.8) is 0 Å². The molecular weight excluding hydrogens is 146 g/mol. The van der Waals surface area contributed by atoms with Crippen LogP contribution in [0.2, 0.25) is 0 Å². The van der Waals surface area contributed by atoms with Crippen molar-refractivity contribution in [3.05, 3.63) is 0 Å². The largest absolute Gasteiger partial charge is 0.330 e. The Hall–Kier alpha value is -0.0400. The van der Waals surface area contributed by atoms with Crippen LogP contribution in [0.4, 0.5) is 0 Å². The summed E-state index contributed by atoms with van der Waals surface area (Å²) in [6.07, 6.45) is 5.11. The van der Waals surface area contributed by atoms with E-state index in [1.807, 2.05) is 0 Å². The summed E-state index contributed by atoms with van der Waals surface area (Å²) in [6, 6.07) is 0. The maximum Gasteiger partial charge on any atom is -0.00721 e. The first-order valence-electron chi connectivity index (χ1n) is 5.24. The third-order valence-corrected chi connectivity index (χ3v) is 2.93. The highest BCUT2D eigenvalue weighted by atomic mass is 14.5. The Morgan fingerprint density at radius 3 is 2.17 bits per heavy atom. The molecular formula is C11H25N. The van der Waals surface area contributed by atoms with Crippen molar-refractivity contribution in [2.75, 3.05) is 6.54 Å². The average molecular weight is 171 g/mol. The standard InChI is InChI=1S/C11H25N/c1-5-11(4,8-9-12)7-6-10(2)3/h10H,5-9,12H2,1-4H3/t11-/m0/s1. The molecule has 0 rings (SSSR count). The minimum absolute atomic E-state index is 0.499. The van der Waals surface area contributed by atoms with Gasteiger partial charge in [-0.2, -0.15) is 0 Å². The first-order valence-corrected chi connectivity index (χ1v) is 5.24. The minimum atomic E-state index is 0.499. The van der Waals surface area contributed by atoms with E-state index >= 15 is 0 Å². The van der Waals surface area contributed by atoms with E-state index in [1.165, 1.54) is 25.7 Å². The van der Waals surface area contributed by atoms with Crippen molar-refractivity contribution >= 4 is 0 Å². The second-order valence-corrected chi connectivity index (χ2v) is 4.64. The Kier molecular flexibility index (Phi) is 5.56. The van der Waals surface area contributed by atoms with Crippen molar-refractivity contribution < 1.29 is 0 Å². The third kappa shape index (κ3) is 4.76. The summed E-state index contributed by atoms with van der Waals surface area (Å²) >= 11 is 0. The van der Waals surface area contributed by atoms with Crippen molar-refractivity contribution in [2.24, 2.45) is 17.1 Å². The molecule has 0 aliphatic heterocycles. The molecule has 0 aromatic rings. The van der Waals surface area contributed by atoms with Gasteiger partial charge < -0.3 is 5.73 Å². The lowest BCUT2D eigenvalue weighted by Crippen LogP contribution is -2.20. The first-order chi connectivity index (χ1) is 5.54. The molecule has 1 heteroatoms. The maximum absolute atomic E-state index is 5.60. The molecule has 1 nitrogen and oxygen atoms in total. The van der Waals surface area contributed by atoms with Crippen LogP contribution in [0.1, 0.15) is 53.4 Å². The second-order valence-electron chi connectivity index (χ2n) is 4.64. The Balaban J connectivity index is 3.78. The van der Waals surface area contributed by atoms with Crippen LogP contribution in [-0.2, 0) is 0 Å². The van der Waals surface area contributed by atoms with Gasteiger partial charge in [0.15, 0.2) is 0 Å². The van der Waals surface area contributed by atoms with E-state index in [-0.39, 0.29) is 0 Å². The summed E-state index contributed by atoms with van der Waals surface area (Å²) in [6.45, 7) is 10.1. The van der Waals surface area contributed by atoms with Crippen LogP contribution in [0.5, 0.6) is 0 Å². The van der Waals surface area contributed by atoms with Gasteiger partial charge in [-0.25, -0.2) is 0 Å². The van der Waals surface area contributed by atoms with Crippen LogP contribution in [0.15, 0.2) is 0 Å². The van der Waals surface area contributed by atoms with Crippen LogP contribution in [0.3, 0.4) is 0 Å². The second kappa shape index (κ2) is 5.58. The monoisotopic (exact) mass is 171 g/mol. The predicted molar refractivity (Wildman–Crippen MR) is 56.1 cm³/mol. The Morgan fingerprint density at radius 1 is 1.25 bits per heavy atom. The van der Waals surface area contributed by atoms with E-state index in [4.69, 9.17) is 5.73 Å². The van der Waals surface area contributed by atoms with E-state index in [0.29, 0.717) is 5.41 Å². The normalized spacial score (nSPS) is 16.5. The van der Waals surface area contributed by atoms with Gasteiger partial charge in [0.1, 0.15) is 0 Å². The summed E-state index contributed by atoms with van der Waals surface area (Å²) in [5.41, 5.74) is 6.10. The van der Waals surface area contributed by atoms with Gasteiger partial charge >= 0.3 is 0 Å². The zero-order valence-corrected chi connectivity index (χ0v) is 9.19. The Morgan fingerprint density at radius 2 is 1.83 bits per heavy atom. The number of hydrogen-bond acceptors (Lipinski definition) is 1. The van der Waals surface area contributed by atoms with Gasteiger partial charge in [-0.1, -0.05) is 40.5 Å². The van der Waals surface area contributed by atoms with Crippen LogP contribution in [-0.4, -0.2) is 6.54 Å². The van der Waals surface area contributed by atoms with E-state index in [1.54, 1.807) is 0 Å². The fourth-order valence-corrected chi connectivity index (χ4v) is 1.46. The zero-order valence-electron chi connectivity index (χ0n) is 9.19. The van der Waals surface area contributed by atoms with Crippen LogP contribution in [0.25, 0.3) is 0 Å². The Labute approximate surface area is 77.7 Å². The van der Waals surface area contributed by atoms with Crippen LogP contribution < -0.4 is 5.73 Å². The lowest BCUT2D eigenvalue weighted by molar-refractivity contribution is 0.245. The maximum atomic E-state index is 5.60. The molecule has 0 saturated heterocycles. The molecule has 0 heterocycles. The lowest BCUT2D eigenvalue weighted by Gasteiger charge is -2.28. The molecule has 0 aromatic carbocycles. The zero-order chi connectivity index (χ0) is 9.61. The van der Waals surface area contributed by atoms with Gasteiger partial charge in [0, 0.05) is 0 Å². The highest BCUT2D eigenvalue weighted by Gasteiger charge is 2.20. The smallest absolute Gasteiger partial charge is 0.00721 e. The molecule has 0 spiro atoms. The quantitative estimate of drug-likeness (QED) is 0.652. The van der Waals surface area contributed by atoms with Crippen molar-refractivity contribution in [2.45, 2.75) is 53.4 Å². The van der Waals surface area contributed by atoms with Gasteiger partial charge in [-0.15, -0.1) is 0 Å². The van der Waals surface area contributed by atoms with E-state index in [9.17, 15) is 0 Å². The van der Waals surface area contributed by atoms with Crippen molar-refractivity contribution in [1.29, 1.82) is 0 Å². The lowest BCUT2D eigenvalue weighted by atomic mass is 9.78. The topological polar surface area (TPSA) is 26.0 Å². The van der Waals surface area contributed by atoms with Gasteiger partial charge in [0.25, 0.3) is 0 Å². The molecule has 0 saturated carbocycles. The summed E-state index contributed by atoms with van der Waals surface area (Å²) < 4.78 is 0. The van der Waals surface area contributed by atoms with Crippen molar-refractivity contribution in [1.82, 2.24) is 0 Å². The minimum Gasteiger partial charge on any atom is -0.330 e. The molecule has 0 fully saturated rings. The van der Waals surface area contributed by atoms with Gasteiger partial charge in [0.2, 0.25) is 0 Å². The van der Waals surface area contributed by atoms with Gasteiger partial charge in [0.05, 0.1) is 0 Å². The average Bonchev–Trinajstić information content (AvgIpc) is 2.02. The van der Waals surface area contributed by atoms with Crippen LogP contribution in [0, 0.1) is 11.3 Å². The summed E-state index contributed by atoms with van der Waals surface area (Å²) in [5.74, 6) is 0.827. The fraction of sp³-hybridized carbons (Fsp3) is 1.00. The summed E-state index contributed by atoms with van der Waals surface area (Å²) in [4.78, 5) is 0. The molecule has 12 heavy (non-hydrogen) atoms. The molecule has 0 aliphatic rings. The van der Waals surface area contributed by atoms with Crippen molar-refractivity contribution in [3.8, 4) is 0 Å². The van der Waals surface area contributed by atoms with Gasteiger partial charge in [-0.3, -0.25) is 0 Å².